The summed E-state index contributed by atoms with van der Waals surface area (Å²) in [7, 11) is -2.32. The number of nitrogens with zero attached hydrogens (tertiary/aromatic N) is 3. The van der Waals surface area contributed by atoms with Crippen LogP contribution in [-0.2, 0) is 29.1 Å². The molecule has 0 spiro atoms. The number of urea groups is 1. The Bertz CT molecular complexity index is 2060. The number of allylic oxidation sites excluding steroid dienone is 1. The van der Waals surface area contributed by atoms with Gasteiger partial charge in [0.25, 0.3) is 5.91 Å². The highest BCUT2D eigenvalue weighted by molar-refractivity contribution is 7.91. The maximum atomic E-state index is 14.9. The van der Waals surface area contributed by atoms with Crippen molar-refractivity contribution in [2.75, 3.05) is 33.4 Å². The fourth-order valence-electron chi connectivity index (χ4n) is 8.66. The number of hydrogen-bond acceptors (Lipinski definition) is 10. The molecular weight excluding hydrogens is 753 g/mol. The Morgan fingerprint density at radius 1 is 1.05 bits per heavy atom. The number of ether oxygens (including phenoxy) is 3. The zero-order valence-electron chi connectivity index (χ0n) is 32.3. The number of amides is 5. The largest absolute Gasteiger partial charge is 0.497 e. The summed E-state index contributed by atoms with van der Waals surface area (Å²) >= 11 is 0. The summed E-state index contributed by atoms with van der Waals surface area (Å²) in [4.78, 5) is 64.8. The molecule has 5 amide bonds. The van der Waals surface area contributed by atoms with Gasteiger partial charge in [0.15, 0.2) is 0 Å². The van der Waals surface area contributed by atoms with E-state index in [0.29, 0.717) is 49.7 Å². The van der Waals surface area contributed by atoms with Gasteiger partial charge >= 0.3 is 6.03 Å². The lowest BCUT2D eigenvalue weighted by molar-refractivity contribution is -0.142. The van der Waals surface area contributed by atoms with Crippen molar-refractivity contribution < 1.29 is 41.8 Å². The molecule has 57 heavy (non-hydrogen) atoms. The lowest BCUT2D eigenvalue weighted by Gasteiger charge is -2.41. The molecule has 3 saturated carbocycles. The summed E-state index contributed by atoms with van der Waals surface area (Å²) < 4.78 is 46.0. The first kappa shape index (κ1) is 39.1. The van der Waals surface area contributed by atoms with Crippen molar-refractivity contribution in [1.82, 2.24) is 30.1 Å². The van der Waals surface area contributed by atoms with Gasteiger partial charge in [-0.1, -0.05) is 37.5 Å². The van der Waals surface area contributed by atoms with Gasteiger partial charge in [0.05, 0.1) is 43.6 Å². The molecular formula is C41H52N6O9S. The van der Waals surface area contributed by atoms with Crippen LogP contribution in [0.2, 0.25) is 0 Å². The van der Waals surface area contributed by atoms with Gasteiger partial charge in [-0.3, -0.25) is 19.1 Å². The second kappa shape index (κ2) is 15.9. The van der Waals surface area contributed by atoms with Crippen LogP contribution in [0.1, 0.15) is 76.2 Å². The van der Waals surface area contributed by atoms with Crippen LogP contribution in [0.25, 0.3) is 17.0 Å². The van der Waals surface area contributed by atoms with Gasteiger partial charge in [-0.25, -0.2) is 18.2 Å². The molecule has 7 aliphatic rings. The third-order valence-electron chi connectivity index (χ3n) is 12.4. The van der Waals surface area contributed by atoms with E-state index in [4.69, 9.17) is 19.2 Å². The smallest absolute Gasteiger partial charge is 0.318 e. The minimum absolute atomic E-state index is 0.0107. The number of benzene rings is 1. The molecule has 1 aromatic heterocycles. The molecule has 2 aromatic rings. The molecule has 4 bridgehead atoms. The second-order valence-electron chi connectivity index (χ2n) is 16.4. The predicted octanol–water partition coefficient (Wildman–Crippen LogP) is 3.43. The van der Waals surface area contributed by atoms with E-state index in [1.165, 1.54) is 11.0 Å². The summed E-state index contributed by atoms with van der Waals surface area (Å²) in [5, 5.41) is 6.16. The fourth-order valence-corrected chi connectivity index (χ4v) is 10.0. The number of carbonyl (C=O) groups is 4. The van der Waals surface area contributed by atoms with Crippen LogP contribution in [0.3, 0.4) is 0 Å². The number of nitrogens with one attached hydrogen (secondary N) is 3. The van der Waals surface area contributed by atoms with Gasteiger partial charge < -0.3 is 34.6 Å². The van der Waals surface area contributed by atoms with E-state index < -0.39 is 62.6 Å². The molecule has 9 rings (SSSR count). The summed E-state index contributed by atoms with van der Waals surface area (Å²) in [6.45, 7) is 5.20. The molecule has 2 saturated heterocycles. The van der Waals surface area contributed by atoms with E-state index >= 15 is 0 Å². The lowest BCUT2D eigenvalue weighted by Crippen LogP contribution is -2.63. The molecule has 15 nitrogen and oxygen atoms in total. The molecule has 4 aliphatic heterocycles. The SMILES string of the molecule is C=CC1CC1(NC(=O)[C@@H]1C[C@@H]2CN1C(=O)[C@H](C1CCCCC1)NC(=O)N1CC(C1)OCCC/C=C/c1cc3ccc(OC)cc3nc1O2)C(=O)NS(=O)(=O)C1CC1. The number of pyridine rings is 1. The first-order chi connectivity index (χ1) is 27.5. The Balaban J connectivity index is 1.13. The van der Waals surface area contributed by atoms with E-state index in [2.05, 4.69) is 21.9 Å². The van der Waals surface area contributed by atoms with E-state index in [9.17, 15) is 27.6 Å². The standard InChI is InChI=1S/C41H52N6O9S/c1-3-28-21-41(28,39(50)45-57(52,53)32-15-16-32)44-36(48)34-20-30-24-47(34)38(49)35(25-10-6-4-7-11-25)43-40(51)46-22-31(23-46)55-17-9-5-8-12-27-18-26-13-14-29(54-2)19-33(26)42-37(27)56-30/h3,8,12-14,18-19,25,28,30-32,34-35H,1,4-7,9-11,15-17,20-24H2,2H3,(H,43,51)(H,44,48)(H,45,50)/b12-8+/t28?,30-,34+,35+,41?/m1/s1. The summed E-state index contributed by atoms with van der Waals surface area (Å²) in [5.41, 5.74) is -0.178. The molecule has 306 valence electrons. The summed E-state index contributed by atoms with van der Waals surface area (Å²) in [6, 6.07) is 5.22. The fraction of sp³-hybridized carbons (Fsp3) is 0.585. The maximum Gasteiger partial charge on any atom is 0.318 e. The number of methoxy groups -OCH3 is 1. The zero-order valence-corrected chi connectivity index (χ0v) is 33.1. The van der Waals surface area contributed by atoms with Crippen LogP contribution in [-0.4, -0.2) is 115 Å². The third-order valence-corrected chi connectivity index (χ3v) is 14.2. The van der Waals surface area contributed by atoms with Crippen LogP contribution >= 0.6 is 0 Å². The molecule has 16 heteroatoms. The van der Waals surface area contributed by atoms with Gasteiger partial charge in [-0.2, -0.15) is 0 Å². The van der Waals surface area contributed by atoms with Gasteiger partial charge in [-0.05, 0) is 69.1 Å². The molecule has 5 atom stereocenters. The first-order valence-electron chi connectivity index (χ1n) is 20.3. The maximum absolute atomic E-state index is 14.9. The highest BCUT2D eigenvalue weighted by Crippen LogP contribution is 2.46. The van der Waals surface area contributed by atoms with Gasteiger partial charge in [0.1, 0.15) is 29.5 Å². The minimum atomic E-state index is -3.90. The number of hydrogen-bond donors (Lipinski definition) is 3. The molecule has 5 heterocycles. The van der Waals surface area contributed by atoms with Crippen LogP contribution in [0.4, 0.5) is 4.79 Å². The van der Waals surface area contributed by atoms with E-state index in [1.54, 1.807) is 12.0 Å². The van der Waals surface area contributed by atoms with Crippen LogP contribution in [0.15, 0.2) is 43.0 Å². The van der Waals surface area contributed by atoms with Gasteiger partial charge in [0.2, 0.25) is 27.7 Å². The molecule has 0 radical (unpaired) electrons. The van der Waals surface area contributed by atoms with E-state index in [-0.39, 0.29) is 37.4 Å². The van der Waals surface area contributed by atoms with Crippen molar-refractivity contribution >= 4 is 50.8 Å². The van der Waals surface area contributed by atoms with Crippen molar-refractivity contribution in [1.29, 1.82) is 0 Å². The topological polar surface area (TPSA) is 186 Å². The molecule has 3 N–H and O–H groups in total. The summed E-state index contributed by atoms with van der Waals surface area (Å²) in [5.74, 6) is -1.55. The van der Waals surface area contributed by atoms with Gasteiger partial charge in [0, 0.05) is 36.0 Å². The van der Waals surface area contributed by atoms with Crippen molar-refractivity contribution in [2.45, 2.75) is 106 Å². The normalized spacial score (nSPS) is 30.3. The molecule has 2 unspecified atom stereocenters. The van der Waals surface area contributed by atoms with Crippen molar-refractivity contribution in [3.8, 4) is 11.6 Å². The third kappa shape index (κ3) is 8.20. The number of fused-ring (bicyclic) bond motifs is 8. The van der Waals surface area contributed by atoms with Crippen LogP contribution in [0, 0.1) is 11.8 Å². The van der Waals surface area contributed by atoms with Crippen molar-refractivity contribution in [3.05, 3.63) is 48.6 Å². The summed E-state index contributed by atoms with van der Waals surface area (Å²) in [6.07, 6.45) is 11.7. The minimum Gasteiger partial charge on any atom is -0.497 e. The second-order valence-corrected chi connectivity index (χ2v) is 18.3. The monoisotopic (exact) mass is 804 g/mol. The molecule has 3 aliphatic carbocycles. The highest BCUT2D eigenvalue weighted by atomic mass is 32.2. The Kier molecular flexibility index (Phi) is 10.9. The molecule has 1 aromatic carbocycles. The first-order valence-corrected chi connectivity index (χ1v) is 21.8. The number of sulfonamides is 1. The van der Waals surface area contributed by atoms with E-state index in [0.717, 1.165) is 55.9 Å². The Labute approximate surface area is 333 Å². The number of aromatic nitrogens is 1. The Morgan fingerprint density at radius 2 is 1.84 bits per heavy atom. The van der Waals surface area contributed by atoms with Crippen LogP contribution < -0.4 is 24.8 Å². The average Bonchev–Trinajstić information content (AvgIpc) is 4.12. The highest BCUT2D eigenvalue weighted by Gasteiger charge is 2.62. The number of carbonyl (C=O) groups excluding carboxylic acids is 4. The van der Waals surface area contributed by atoms with Crippen molar-refractivity contribution in [2.24, 2.45) is 11.8 Å². The van der Waals surface area contributed by atoms with Gasteiger partial charge in [-0.15, -0.1) is 6.58 Å². The van der Waals surface area contributed by atoms with Crippen molar-refractivity contribution in [3.63, 3.8) is 0 Å². The Hall–Kier alpha value is -4.70. The van der Waals surface area contributed by atoms with Crippen LogP contribution in [0.5, 0.6) is 11.6 Å². The lowest BCUT2D eigenvalue weighted by atomic mass is 9.83. The average molecular weight is 805 g/mol. The van der Waals surface area contributed by atoms with E-state index in [1.807, 2.05) is 36.4 Å². The quantitative estimate of drug-likeness (QED) is 0.334. The number of rotatable bonds is 8. The zero-order chi connectivity index (χ0) is 39.9. The predicted molar refractivity (Wildman–Crippen MR) is 211 cm³/mol. The molecule has 5 fully saturated rings. The Morgan fingerprint density at radius 3 is 2.56 bits per heavy atom.